The second-order valence-corrected chi connectivity index (χ2v) is 21.3. The Kier molecular flexibility index (Phi) is 44.0. The Labute approximate surface area is 453 Å². The van der Waals surface area contributed by atoms with Crippen molar-refractivity contribution in [1.29, 1.82) is 0 Å². The fourth-order valence-corrected chi connectivity index (χ4v) is 9.26. The minimum atomic E-state index is -5.81. The maximum atomic E-state index is 13.4. The standard InChI is InChI=1S/C44H78O19S3.2Na.2H/c1-5-9-13-17-21-25-29-58-39(45)34-37(42(48)60-31-27-23-19-15-11-7-3)65(54,55)62-41(47)33-36(64(51,52)53)44(50)63-66(56,57)38(43(49)61-32-28-24-20-16-12-8-4)35-40(46)59-30-26-22-18-14-10-6-2;;;;/h36-38H,5-35H2,1-4H3,(H,51,52,53);;;;/q;2*+1;2*-1. The molecule has 1 N–H and O–H groups in total. The van der Waals surface area contributed by atoms with Crippen LogP contribution in [0, 0.1) is 0 Å². The van der Waals surface area contributed by atoms with E-state index in [-0.39, 0.29) is 88.4 Å². The average Bonchev–Trinajstić information content (AvgIpc) is 3.24. The Morgan fingerprint density at radius 1 is 0.368 bits per heavy atom. The van der Waals surface area contributed by atoms with Crippen molar-refractivity contribution in [3.63, 3.8) is 0 Å². The summed E-state index contributed by atoms with van der Waals surface area (Å²) in [5.74, 6) is -9.88. The molecule has 0 aliphatic rings. The molecule has 0 aliphatic heterocycles. The number of hydrogen-bond acceptors (Lipinski definition) is 18. The zero-order chi connectivity index (χ0) is 49.9. The van der Waals surface area contributed by atoms with Gasteiger partial charge >= 0.3 is 115 Å². The molecule has 0 rings (SSSR count). The van der Waals surface area contributed by atoms with E-state index in [9.17, 15) is 58.6 Å². The summed E-state index contributed by atoms with van der Waals surface area (Å²) in [4.78, 5) is 77.7. The molecule has 0 heterocycles. The van der Waals surface area contributed by atoms with Gasteiger partial charge in [0, 0.05) is 0 Å². The Morgan fingerprint density at radius 2 is 0.632 bits per heavy atom. The van der Waals surface area contributed by atoms with Crippen molar-refractivity contribution < 1.29 is 148 Å². The summed E-state index contributed by atoms with van der Waals surface area (Å²) in [6.07, 6.45) is 15.0. The SMILES string of the molecule is CCCCCCCCOC(=O)CC(C(=O)OCCCCCCCC)S(=O)(=O)OC(=O)CC(C(=O)OS(=O)(=O)C(CC(=O)OCCCCCCCC)C(=O)OCCCCCCCC)S(=O)(=O)O.[H-].[H-].[Na+].[Na+]. The van der Waals surface area contributed by atoms with Crippen LogP contribution in [0.5, 0.6) is 0 Å². The summed E-state index contributed by atoms with van der Waals surface area (Å²) in [6, 6.07) is 0. The Balaban J connectivity index is -0.00000352. The third-order valence-corrected chi connectivity index (χ3v) is 14.3. The molecule has 0 aromatic rings. The van der Waals surface area contributed by atoms with E-state index in [2.05, 4.69) is 8.37 Å². The quantitative estimate of drug-likeness (QED) is 0.0228. The van der Waals surface area contributed by atoms with Crippen LogP contribution in [0.25, 0.3) is 0 Å². The van der Waals surface area contributed by atoms with Crippen LogP contribution in [0.2, 0.25) is 0 Å². The molecule has 0 bridgehead atoms. The minimum absolute atomic E-state index is 0. The van der Waals surface area contributed by atoms with Crippen molar-refractivity contribution in [2.75, 3.05) is 26.4 Å². The maximum absolute atomic E-state index is 13.4. The first-order valence-electron chi connectivity index (χ1n) is 23.8. The van der Waals surface area contributed by atoms with Crippen LogP contribution < -0.4 is 59.1 Å². The molecule has 3 atom stereocenters. The number of hydrogen-bond donors (Lipinski definition) is 1. The van der Waals surface area contributed by atoms with Crippen molar-refractivity contribution in [1.82, 2.24) is 0 Å². The number of ether oxygens (including phenoxy) is 4. The third kappa shape index (κ3) is 34.9. The number of esters is 4. The van der Waals surface area contributed by atoms with Gasteiger partial charge in [-0.2, -0.15) is 25.3 Å². The number of carbonyl (C=O) groups is 6. The maximum Gasteiger partial charge on any atom is 1.00 e. The Morgan fingerprint density at radius 3 is 0.941 bits per heavy atom. The summed E-state index contributed by atoms with van der Waals surface area (Å²) >= 11 is 0. The normalized spacial score (nSPS) is 12.8. The van der Waals surface area contributed by atoms with E-state index in [0.717, 1.165) is 103 Å². The summed E-state index contributed by atoms with van der Waals surface area (Å²) < 4.78 is 117. The van der Waals surface area contributed by atoms with Gasteiger partial charge in [-0.1, -0.05) is 156 Å². The Hall–Kier alpha value is -1.37. The fraction of sp³-hybridized carbons (Fsp3) is 0.864. The smallest absolute Gasteiger partial charge is 1.00 e. The molecule has 24 heteroatoms. The molecular formula is C44H80Na2O19S3. The van der Waals surface area contributed by atoms with Crippen LogP contribution in [-0.4, -0.2) is 108 Å². The van der Waals surface area contributed by atoms with E-state index in [0.29, 0.717) is 51.4 Å². The molecule has 390 valence electrons. The molecule has 0 saturated carbocycles. The van der Waals surface area contributed by atoms with Gasteiger partial charge < -0.3 is 30.2 Å². The molecule has 0 radical (unpaired) electrons. The summed E-state index contributed by atoms with van der Waals surface area (Å²) in [6.45, 7) is 7.37. The topological polar surface area (TPSA) is 280 Å². The third-order valence-electron chi connectivity index (χ3n) is 10.3. The molecule has 3 unspecified atom stereocenters. The van der Waals surface area contributed by atoms with Gasteiger partial charge in [0.25, 0.3) is 10.1 Å². The zero-order valence-corrected chi connectivity index (χ0v) is 48.1. The molecule has 0 amide bonds. The molecular weight excluding hydrogens is 975 g/mol. The van der Waals surface area contributed by atoms with Crippen molar-refractivity contribution in [3.8, 4) is 0 Å². The van der Waals surface area contributed by atoms with Gasteiger partial charge in [0.1, 0.15) is 0 Å². The van der Waals surface area contributed by atoms with Gasteiger partial charge in [0.2, 0.25) is 10.5 Å². The summed E-state index contributed by atoms with van der Waals surface area (Å²) in [5, 5.41) is -8.24. The second kappa shape index (κ2) is 42.2. The van der Waals surface area contributed by atoms with E-state index >= 15 is 0 Å². The summed E-state index contributed by atoms with van der Waals surface area (Å²) in [7, 11) is -17.0. The predicted molar refractivity (Wildman–Crippen MR) is 246 cm³/mol. The predicted octanol–water partition coefficient (Wildman–Crippen LogP) is 1.74. The van der Waals surface area contributed by atoms with Crippen LogP contribution in [0.1, 0.15) is 204 Å². The van der Waals surface area contributed by atoms with Crippen LogP contribution in [-0.2, 0) is 86.4 Å². The molecule has 19 nitrogen and oxygen atoms in total. The number of rotatable bonds is 42. The van der Waals surface area contributed by atoms with Crippen LogP contribution in [0.3, 0.4) is 0 Å². The molecule has 0 aromatic carbocycles. The van der Waals surface area contributed by atoms with Crippen molar-refractivity contribution in [3.05, 3.63) is 0 Å². The van der Waals surface area contributed by atoms with Crippen molar-refractivity contribution in [2.24, 2.45) is 0 Å². The molecule has 0 aliphatic carbocycles. The molecule has 68 heavy (non-hydrogen) atoms. The van der Waals surface area contributed by atoms with E-state index < -0.39 is 101 Å². The largest absolute Gasteiger partial charge is 1.00 e. The van der Waals surface area contributed by atoms with Crippen molar-refractivity contribution in [2.45, 2.75) is 217 Å². The molecule has 0 spiro atoms. The first-order chi connectivity index (χ1) is 31.3. The summed E-state index contributed by atoms with van der Waals surface area (Å²) in [5.41, 5.74) is 0. The number of carbonyl (C=O) groups excluding carboxylic acids is 6. The van der Waals surface area contributed by atoms with E-state index in [1.165, 1.54) is 0 Å². The minimum Gasteiger partial charge on any atom is -1.00 e. The van der Waals surface area contributed by atoms with Gasteiger partial charge in [-0.25, -0.2) is 4.79 Å². The number of unbranched alkanes of at least 4 members (excludes halogenated alkanes) is 20. The van der Waals surface area contributed by atoms with Crippen LogP contribution in [0.15, 0.2) is 0 Å². The second-order valence-electron chi connectivity index (χ2n) is 16.3. The van der Waals surface area contributed by atoms with Gasteiger partial charge in [0.15, 0.2) is 5.25 Å². The molecule has 0 fully saturated rings. The van der Waals surface area contributed by atoms with Crippen molar-refractivity contribution >= 4 is 66.2 Å². The van der Waals surface area contributed by atoms with Crippen LogP contribution >= 0.6 is 0 Å². The molecule has 0 saturated heterocycles. The molecule has 0 aromatic heterocycles. The fourth-order valence-electron chi connectivity index (χ4n) is 6.37. The van der Waals surface area contributed by atoms with Gasteiger partial charge in [-0.15, -0.1) is 0 Å². The van der Waals surface area contributed by atoms with Gasteiger partial charge in [0.05, 0.1) is 45.7 Å². The average molecular weight is 1060 g/mol. The first-order valence-corrected chi connectivity index (χ1v) is 28.3. The van der Waals surface area contributed by atoms with E-state index in [1.54, 1.807) is 0 Å². The monoisotopic (exact) mass is 1050 g/mol. The van der Waals surface area contributed by atoms with Gasteiger partial charge in [-0.05, 0) is 25.7 Å². The Bertz CT molecular complexity index is 1770. The van der Waals surface area contributed by atoms with Crippen LogP contribution in [0.4, 0.5) is 0 Å². The van der Waals surface area contributed by atoms with E-state index in [1.807, 2.05) is 27.7 Å². The van der Waals surface area contributed by atoms with Gasteiger partial charge in [-0.3, -0.25) is 28.5 Å². The van der Waals surface area contributed by atoms with E-state index in [4.69, 9.17) is 18.9 Å². The zero-order valence-electron chi connectivity index (χ0n) is 43.7. The first kappa shape index (κ1) is 70.9.